The first-order valence-corrected chi connectivity index (χ1v) is 4.73. The van der Waals surface area contributed by atoms with Gasteiger partial charge in [0.05, 0.1) is 0 Å². The first-order valence-electron chi connectivity index (χ1n) is 4.73. The van der Waals surface area contributed by atoms with Gasteiger partial charge in [-0.05, 0) is 6.07 Å². The molecule has 1 N–H and O–H groups in total. The van der Waals surface area contributed by atoms with Gasteiger partial charge < -0.3 is 5.11 Å². The number of anilines is 1. The van der Waals surface area contributed by atoms with E-state index in [-0.39, 0.29) is 18.4 Å². The Labute approximate surface area is 86.4 Å². The molecule has 1 aliphatic rings. The molecule has 2 heterocycles. The second kappa shape index (κ2) is 3.94. The van der Waals surface area contributed by atoms with Crippen molar-refractivity contribution in [1.29, 1.82) is 0 Å². The molecule has 4 nitrogen and oxygen atoms in total. The fourth-order valence-electron chi connectivity index (χ4n) is 1.67. The van der Waals surface area contributed by atoms with E-state index in [0.29, 0.717) is 18.8 Å². The number of aromatic nitrogens is 1. The molecule has 0 saturated carbocycles. The minimum absolute atomic E-state index is 0.0302. The van der Waals surface area contributed by atoms with Gasteiger partial charge in [-0.3, -0.25) is 9.69 Å². The minimum Gasteiger partial charge on any atom is -0.396 e. The van der Waals surface area contributed by atoms with E-state index >= 15 is 0 Å². The number of rotatable bonds is 2. The number of carbonyl (C=O) groups is 1. The molecule has 1 aliphatic heterocycles. The number of pyridine rings is 1. The number of halogens is 1. The van der Waals surface area contributed by atoms with Crippen LogP contribution in [0.1, 0.15) is 6.42 Å². The number of hydrogen-bond acceptors (Lipinski definition) is 3. The molecule has 0 radical (unpaired) electrons. The summed E-state index contributed by atoms with van der Waals surface area (Å²) in [5.41, 5.74) is 0. The van der Waals surface area contributed by atoms with Gasteiger partial charge in [-0.1, -0.05) is 0 Å². The summed E-state index contributed by atoms with van der Waals surface area (Å²) in [7, 11) is 0. The number of aliphatic hydroxyl groups excluding tert-OH is 1. The van der Waals surface area contributed by atoms with Crippen molar-refractivity contribution in [2.75, 3.05) is 18.1 Å². The van der Waals surface area contributed by atoms with Gasteiger partial charge in [0.2, 0.25) is 5.91 Å². The maximum absolute atomic E-state index is 12.9. The van der Waals surface area contributed by atoms with Crippen molar-refractivity contribution in [1.82, 2.24) is 4.98 Å². The highest BCUT2D eigenvalue weighted by molar-refractivity contribution is 5.94. The average molecular weight is 210 g/mol. The van der Waals surface area contributed by atoms with E-state index in [1.807, 2.05) is 0 Å². The summed E-state index contributed by atoms with van der Waals surface area (Å²) in [5.74, 6) is -0.286. The summed E-state index contributed by atoms with van der Waals surface area (Å²) in [4.78, 5) is 16.8. The van der Waals surface area contributed by atoms with Crippen LogP contribution in [0.15, 0.2) is 18.3 Å². The Morgan fingerprint density at radius 1 is 1.67 bits per heavy atom. The molecule has 1 unspecified atom stereocenters. The van der Waals surface area contributed by atoms with Crippen molar-refractivity contribution in [3.63, 3.8) is 0 Å². The lowest BCUT2D eigenvalue weighted by Crippen LogP contribution is -2.25. The fraction of sp³-hybridized carbons (Fsp3) is 0.400. The molecule has 0 aliphatic carbocycles. The van der Waals surface area contributed by atoms with Crippen LogP contribution in [0.4, 0.5) is 10.2 Å². The van der Waals surface area contributed by atoms with Gasteiger partial charge in [0.1, 0.15) is 11.6 Å². The maximum atomic E-state index is 12.9. The van der Waals surface area contributed by atoms with Crippen molar-refractivity contribution in [3.05, 3.63) is 24.1 Å². The van der Waals surface area contributed by atoms with Crippen molar-refractivity contribution >= 4 is 11.7 Å². The van der Waals surface area contributed by atoms with Crippen LogP contribution in [0.3, 0.4) is 0 Å². The van der Waals surface area contributed by atoms with Crippen molar-refractivity contribution in [2.45, 2.75) is 6.42 Å². The molecular formula is C10H11FN2O2. The van der Waals surface area contributed by atoms with Gasteiger partial charge in [0.15, 0.2) is 0 Å². The van der Waals surface area contributed by atoms with Gasteiger partial charge in [-0.15, -0.1) is 0 Å². The van der Waals surface area contributed by atoms with Gasteiger partial charge >= 0.3 is 0 Å². The lowest BCUT2D eigenvalue weighted by atomic mass is 10.1. The highest BCUT2D eigenvalue weighted by Gasteiger charge is 2.30. The van der Waals surface area contributed by atoms with Gasteiger partial charge in [-0.2, -0.15) is 0 Å². The summed E-state index contributed by atoms with van der Waals surface area (Å²) in [6, 6.07) is 2.45. The summed E-state index contributed by atoms with van der Waals surface area (Å²) in [6.45, 7) is 0.378. The van der Waals surface area contributed by atoms with Crippen LogP contribution >= 0.6 is 0 Å². The van der Waals surface area contributed by atoms with Crippen LogP contribution in [-0.2, 0) is 4.79 Å². The second-order valence-corrected chi connectivity index (χ2v) is 3.59. The largest absolute Gasteiger partial charge is 0.396 e. The summed E-state index contributed by atoms with van der Waals surface area (Å²) < 4.78 is 12.9. The third-order valence-corrected chi connectivity index (χ3v) is 2.45. The molecule has 1 saturated heterocycles. The molecule has 2 rings (SSSR count). The second-order valence-electron chi connectivity index (χ2n) is 3.59. The molecule has 80 valence electrons. The lowest BCUT2D eigenvalue weighted by Gasteiger charge is -2.14. The van der Waals surface area contributed by atoms with E-state index in [1.165, 1.54) is 23.2 Å². The predicted octanol–water partition coefficient (Wildman–Crippen LogP) is 0.566. The average Bonchev–Trinajstić information content (AvgIpc) is 2.60. The van der Waals surface area contributed by atoms with Crippen LogP contribution in [0, 0.1) is 11.7 Å². The van der Waals surface area contributed by atoms with Gasteiger partial charge in [0, 0.05) is 37.8 Å². The van der Waals surface area contributed by atoms with Crippen LogP contribution in [0.25, 0.3) is 0 Å². The zero-order chi connectivity index (χ0) is 10.8. The zero-order valence-electron chi connectivity index (χ0n) is 8.06. The molecular weight excluding hydrogens is 199 g/mol. The molecule has 1 aromatic heterocycles. The third-order valence-electron chi connectivity index (χ3n) is 2.45. The molecule has 1 atom stereocenters. The highest BCUT2D eigenvalue weighted by atomic mass is 19.1. The van der Waals surface area contributed by atoms with Crippen LogP contribution in [0.5, 0.6) is 0 Å². The fourth-order valence-corrected chi connectivity index (χ4v) is 1.67. The molecule has 1 amide bonds. The number of amides is 1. The van der Waals surface area contributed by atoms with Crippen molar-refractivity contribution in [3.8, 4) is 0 Å². The molecule has 0 aromatic carbocycles. The number of carbonyl (C=O) groups excluding carboxylic acids is 1. The Bertz CT molecular complexity index is 383. The van der Waals surface area contributed by atoms with Gasteiger partial charge in [0.25, 0.3) is 0 Å². The zero-order valence-corrected chi connectivity index (χ0v) is 8.06. The molecule has 1 fully saturated rings. The number of nitrogens with zero attached hydrogens (tertiary/aromatic N) is 2. The maximum Gasteiger partial charge on any atom is 0.228 e. The molecule has 0 bridgehead atoms. The van der Waals surface area contributed by atoms with E-state index < -0.39 is 5.82 Å². The monoisotopic (exact) mass is 210 g/mol. The molecule has 0 spiro atoms. The summed E-state index contributed by atoms with van der Waals surface area (Å²) in [6.07, 6.45) is 1.62. The Morgan fingerprint density at radius 2 is 2.47 bits per heavy atom. The number of aliphatic hydroxyl groups is 1. The van der Waals surface area contributed by atoms with E-state index in [4.69, 9.17) is 5.11 Å². The van der Waals surface area contributed by atoms with E-state index in [1.54, 1.807) is 0 Å². The summed E-state index contributed by atoms with van der Waals surface area (Å²) >= 11 is 0. The van der Waals surface area contributed by atoms with Crippen molar-refractivity contribution < 1.29 is 14.3 Å². The van der Waals surface area contributed by atoms with Crippen LogP contribution < -0.4 is 4.90 Å². The molecule has 1 aromatic rings. The molecule has 5 heteroatoms. The van der Waals surface area contributed by atoms with Crippen LogP contribution in [0.2, 0.25) is 0 Å². The van der Waals surface area contributed by atoms with E-state index in [0.717, 1.165) is 0 Å². The number of hydrogen-bond donors (Lipinski definition) is 1. The highest BCUT2D eigenvalue weighted by Crippen LogP contribution is 2.23. The molecule has 15 heavy (non-hydrogen) atoms. The minimum atomic E-state index is -0.416. The standard InChI is InChI=1S/C10H11FN2O2/c11-8-1-2-12-9(4-8)13-5-7(6-14)3-10(13)15/h1-2,4,7,14H,3,5-6H2. The van der Waals surface area contributed by atoms with Gasteiger partial charge in [-0.25, -0.2) is 9.37 Å². The Kier molecular flexibility index (Phi) is 2.64. The van der Waals surface area contributed by atoms with Crippen LogP contribution in [-0.4, -0.2) is 29.1 Å². The third kappa shape index (κ3) is 1.97. The quantitative estimate of drug-likeness (QED) is 0.776. The first-order chi connectivity index (χ1) is 7.20. The SMILES string of the molecule is O=C1CC(CO)CN1c1cc(F)ccn1. The van der Waals surface area contributed by atoms with E-state index in [2.05, 4.69) is 4.98 Å². The normalized spacial score (nSPS) is 21.1. The predicted molar refractivity (Wildman–Crippen MR) is 51.7 cm³/mol. The van der Waals surface area contributed by atoms with Crippen molar-refractivity contribution in [2.24, 2.45) is 5.92 Å². The lowest BCUT2D eigenvalue weighted by molar-refractivity contribution is -0.117. The first kappa shape index (κ1) is 10.0. The summed E-state index contributed by atoms with van der Waals surface area (Å²) in [5, 5.41) is 8.93. The smallest absolute Gasteiger partial charge is 0.228 e. The van der Waals surface area contributed by atoms with E-state index in [9.17, 15) is 9.18 Å². The Balaban J connectivity index is 2.21. The Hall–Kier alpha value is -1.49. The topological polar surface area (TPSA) is 53.4 Å². The Morgan fingerprint density at radius 3 is 3.07 bits per heavy atom.